The number of nitrogens with two attached hydrogens (primary N) is 2. The van der Waals surface area contributed by atoms with E-state index < -0.39 is 22.4 Å². The van der Waals surface area contributed by atoms with Crippen LogP contribution in [0.25, 0.3) is 17.2 Å². The first-order chi connectivity index (χ1) is 14.1. The third-order valence-electron chi connectivity index (χ3n) is 4.66. The first kappa shape index (κ1) is 20.6. The lowest BCUT2D eigenvalue weighted by atomic mass is 10.1. The monoisotopic (exact) mass is 441 g/mol. The molecule has 0 radical (unpaired) electrons. The van der Waals surface area contributed by atoms with E-state index in [1.807, 2.05) is 4.90 Å². The van der Waals surface area contributed by atoms with Crippen molar-refractivity contribution in [3.05, 3.63) is 36.5 Å². The summed E-state index contributed by atoms with van der Waals surface area (Å²) in [5.41, 5.74) is 0.444. The number of aromatic nitrogens is 5. The number of hydrogen-bond acceptors (Lipinski definition) is 6. The van der Waals surface area contributed by atoms with Crippen LogP contribution in [-0.2, 0) is 9.90 Å². The molecule has 0 aliphatic carbocycles. The zero-order valence-corrected chi connectivity index (χ0v) is 16.5. The molecule has 0 aromatic carbocycles. The Hall–Kier alpha value is -2.65. The largest absolute Gasteiger partial charge is 0.355 e. The Labute approximate surface area is 170 Å². The fourth-order valence-corrected chi connectivity index (χ4v) is 4.31. The number of halogens is 2. The minimum Gasteiger partial charge on any atom is -0.355 e. The number of alkyl halides is 2. The first-order valence-corrected chi connectivity index (χ1v) is 11.1. The molecule has 4 rings (SSSR count). The lowest BCUT2D eigenvalue weighted by Gasteiger charge is -2.41. The van der Waals surface area contributed by atoms with Crippen molar-refractivity contribution in [1.29, 1.82) is 0 Å². The number of piperidine rings is 1. The predicted octanol–water partition coefficient (Wildman–Crippen LogP) is 0.638. The van der Waals surface area contributed by atoms with Gasteiger partial charge in [-0.15, -0.1) is 0 Å². The van der Waals surface area contributed by atoms with Gasteiger partial charge < -0.3 is 4.90 Å². The molecule has 162 valence electrons. The van der Waals surface area contributed by atoms with E-state index in [9.17, 15) is 17.5 Å². The molecule has 1 saturated heterocycles. The molecule has 4 heterocycles. The van der Waals surface area contributed by atoms with Crippen molar-refractivity contribution in [2.45, 2.75) is 25.3 Å². The standard InChI is InChI=1S/C16H21F2N9O2S/c17-15(18)11-9-27-12(6-23-14(27)7-22-11)16-21-4-3-13(24-16)26-5-1-2-10(8-26)25-30(19,20,28)29/h3-4,6-7,9-10,15H,1-2,5,8H2,(H6,19,20,25,28,29)/t10-/m1/s1. The number of fused-ring (bicyclic) bond motifs is 1. The van der Waals surface area contributed by atoms with Crippen molar-refractivity contribution in [3.8, 4) is 11.5 Å². The van der Waals surface area contributed by atoms with E-state index in [1.54, 1.807) is 12.3 Å². The van der Waals surface area contributed by atoms with Gasteiger partial charge in [0, 0.05) is 31.5 Å². The summed E-state index contributed by atoms with van der Waals surface area (Å²) in [6.07, 6.45) is 4.13. The molecule has 0 saturated carbocycles. The summed E-state index contributed by atoms with van der Waals surface area (Å²) in [6.45, 7) is 1.01. The summed E-state index contributed by atoms with van der Waals surface area (Å²) < 4.78 is 51.3. The Morgan fingerprint density at radius 2 is 2.07 bits per heavy atom. The summed E-state index contributed by atoms with van der Waals surface area (Å²) in [7, 11) is -4.83. The fourth-order valence-electron chi connectivity index (χ4n) is 3.45. The van der Waals surface area contributed by atoms with Crippen LogP contribution in [0.4, 0.5) is 14.6 Å². The van der Waals surface area contributed by atoms with Gasteiger partial charge in [0.25, 0.3) is 6.43 Å². The number of nitrogens with zero attached hydrogens (tertiary/aromatic N) is 6. The minimum absolute atomic E-state index is 0.295. The van der Waals surface area contributed by atoms with Crippen molar-refractivity contribution in [2.24, 2.45) is 10.3 Å². The molecule has 14 heteroatoms. The highest BCUT2D eigenvalue weighted by molar-refractivity contribution is 8.09. The molecule has 3 aromatic heterocycles. The van der Waals surface area contributed by atoms with Gasteiger partial charge >= 0.3 is 0 Å². The quantitative estimate of drug-likeness (QED) is 0.452. The highest BCUT2D eigenvalue weighted by Gasteiger charge is 2.27. The maximum atomic E-state index is 13.0. The van der Waals surface area contributed by atoms with Gasteiger partial charge in [-0.25, -0.2) is 39.0 Å². The van der Waals surface area contributed by atoms with Crippen molar-refractivity contribution in [2.75, 3.05) is 18.0 Å². The average molecular weight is 441 g/mol. The van der Waals surface area contributed by atoms with E-state index >= 15 is 0 Å². The second-order valence-corrected chi connectivity index (χ2v) is 9.43. The normalized spacial score (nSPS) is 19.2. The first-order valence-electron chi connectivity index (χ1n) is 9.05. The molecule has 0 bridgehead atoms. The molecular formula is C16H21F2N9O2S. The van der Waals surface area contributed by atoms with Gasteiger partial charge in [0.2, 0.25) is 0 Å². The highest BCUT2D eigenvalue weighted by atomic mass is 32.3. The highest BCUT2D eigenvalue weighted by Crippen LogP contribution is 2.24. The summed E-state index contributed by atoms with van der Waals surface area (Å²) in [4.78, 5) is 18.5. The predicted molar refractivity (Wildman–Crippen MR) is 106 cm³/mol. The maximum Gasteiger partial charge on any atom is 0.281 e. The third kappa shape index (κ3) is 4.57. The molecule has 0 spiro atoms. The molecule has 1 fully saturated rings. The Kier molecular flexibility index (Phi) is 4.98. The van der Waals surface area contributed by atoms with Crippen molar-refractivity contribution in [3.63, 3.8) is 0 Å². The van der Waals surface area contributed by atoms with E-state index in [0.29, 0.717) is 42.5 Å². The molecule has 3 aromatic rings. The number of nitrogens with one attached hydrogen (secondary N) is 1. The molecule has 0 unspecified atom stereocenters. The summed E-state index contributed by atoms with van der Waals surface area (Å²) in [5, 5.41) is 10.5. The second kappa shape index (κ2) is 7.24. The Balaban J connectivity index is 1.63. The molecule has 1 aliphatic rings. The SMILES string of the molecule is NS(N)(=O)(O)N[C@@H]1CCCN(c2ccnc(-c3cnc4cnc(C(F)F)cn34)n2)C1. The topological polar surface area (TPSA) is 161 Å². The Morgan fingerprint density at radius 3 is 2.80 bits per heavy atom. The maximum absolute atomic E-state index is 13.0. The van der Waals surface area contributed by atoms with E-state index in [-0.39, 0.29) is 5.69 Å². The van der Waals surface area contributed by atoms with Crippen LogP contribution in [0.2, 0.25) is 0 Å². The lowest BCUT2D eigenvalue weighted by molar-refractivity contribution is 0.145. The number of anilines is 1. The lowest BCUT2D eigenvalue weighted by Crippen LogP contribution is -2.66. The summed E-state index contributed by atoms with van der Waals surface area (Å²) in [6, 6.07) is 1.28. The molecule has 30 heavy (non-hydrogen) atoms. The Morgan fingerprint density at radius 1 is 1.27 bits per heavy atom. The van der Waals surface area contributed by atoms with Crippen molar-refractivity contribution in [1.82, 2.24) is 29.1 Å². The van der Waals surface area contributed by atoms with Crippen LogP contribution in [0.5, 0.6) is 0 Å². The van der Waals surface area contributed by atoms with E-state index in [4.69, 9.17) is 10.3 Å². The van der Waals surface area contributed by atoms with Gasteiger partial charge in [-0.2, -0.15) is 8.93 Å². The van der Waals surface area contributed by atoms with Crippen molar-refractivity contribution >= 4 is 21.4 Å². The van der Waals surface area contributed by atoms with E-state index in [1.165, 1.54) is 23.0 Å². The van der Waals surface area contributed by atoms with Crippen LogP contribution in [0, 0.1) is 0 Å². The van der Waals surface area contributed by atoms with E-state index in [0.717, 1.165) is 6.42 Å². The zero-order valence-electron chi connectivity index (χ0n) is 15.7. The van der Waals surface area contributed by atoms with Gasteiger partial charge in [0.1, 0.15) is 17.2 Å². The fraction of sp³-hybridized carbons (Fsp3) is 0.375. The van der Waals surface area contributed by atoms with E-state index in [2.05, 4.69) is 24.7 Å². The van der Waals surface area contributed by atoms with Gasteiger partial charge in [-0.3, -0.25) is 8.95 Å². The number of rotatable bonds is 5. The van der Waals surface area contributed by atoms with Crippen LogP contribution in [-0.4, -0.2) is 52.2 Å². The molecule has 6 N–H and O–H groups in total. The smallest absolute Gasteiger partial charge is 0.281 e. The molecule has 0 amide bonds. The Bertz CT molecular complexity index is 1140. The average Bonchev–Trinajstić information content (AvgIpc) is 3.09. The van der Waals surface area contributed by atoms with Gasteiger partial charge in [-0.05, 0) is 28.8 Å². The van der Waals surface area contributed by atoms with Crippen molar-refractivity contribution < 1.29 is 17.5 Å². The van der Waals surface area contributed by atoms with Crippen LogP contribution in [0.15, 0.2) is 30.9 Å². The molecular weight excluding hydrogens is 420 g/mol. The second-order valence-electron chi connectivity index (χ2n) is 7.15. The van der Waals surface area contributed by atoms with Gasteiger partial charge in [0.05, 0.1) is 12.4 Å². The van der Waals surface area contributed by atoms with Crippen LogP contribution in [0.3, 0.4) is 0 Å². The number of hydrogen-bond donors (Lipinski definition) is 4. The summed E-state index contributed by atoms with van der Waals surface area (Å²) in [5.74, 6) is 0.864. The number of imidazole rings is 1. The third-order valence-corrected chi connectivity index (χ3v) is 5.47. The van der Waals surface area contributed by atoms with Crippen LogP contribution >= 0.6 is 0 Å². The minimum atomic E-state index is -4.83. The van der Waals surface area contributed by atoms with Gasteiger partial charge in [0.15, 0.2) is 11.5 Å². The van der Waals surface area contributed by atoms with Crippen LogP contribution < -0.4 is 19.9 Å². The van der Waals surface area contributed by atoms with Crippen LogP contribution in [0.1, 0.15) is 25.0 Å². The molecule has 11 nitrogen and oxygen atoms in total. The zero-order chi connectivity index (χ0) is 21.5. The summed E-state index contributed by atoms with van der Waals surface area (Å²) >= 11 is 0. The van der Waals surface area contributed by atoms with Gasteiger partial charge in [-0.1, -0.05) is 0 Å². The molecule has 1 atom stereocenters. The molecule has 1 aliphatic heterocycles.